The molecule has 1 saturated heterocycles. The second-order valence-corrected chi connectivity index (χ2v) is 8.30. The van der Waals surface area contributed by atoms with Crippen molar-refractivity contribution in [1.82, 2.24) is 10.6 Å². The molecule has 0 radical (unpaired) electrons. The first-order chi connectivity index (χ1) is 9.88. The first-order valence-corrected chi connectivity index (χ1v) is 8.89. The molecule has 2 fully saturated rings. The number of amides is 1. The van der Waals surface area contributed by atoms with Crippen molar-refractivity contribution in [2.45, 2.75) is 72.3 Å². The Bertz CT molecular complexity index is 334. The summed E-state index contributed by atoms with van der Waals surface area (Å²) >= 11 is 0. The van der Waals surface area contributed by atoms with Crippen molar-refractivity contribution in [3.63, 3.8) is 0 Å². The minimum absolute atomic E-state index is 0.257. The van der Waals surface area contributed by atoms with Crippen LogP contribution in [0.15, 0.2) is 0 Å². The van der Waals surface area contributed by atoms with Crippen LogP contribution in [-0.2, 0) is 4.79 Å². The number of hydrogen-bond acceptors (Lipinski definition) is 2. The van der Waals surface area contributed by atoms with E-state index in [0.29, 0.717) is 23.3 Å². The number of hydrogen-bond donors (Lipinski definition) is 2. The molecule has 1 aliphatic heterocycles. The standard InChI is InChI=1S/C18H34N2O/c1-13(14-9-11-19-12-10-14)20-17(21)15-5-7-16(8-6-15)18(2,3)4/h13-16,19H,5-12H2,1-4H3,(H,20,21). The van der Waals surface area contributed by atoms with Crippen LogP contribution >= 0.6 is 0 Å². The van der Waals surface area contributed by atoms with E-state index < -0.39 is 0 Å². The summed E-state index contributed by atoms with van der Waals surface area (Å²) in [5.41, 5.74) is 0.393. The number of piperidine rings is 1. The smallest absolute Gasteiger partial charge is 0.223 e. The Labute approximate surface area is 130 Å². The number of carbonyl (C=O) groups is 1. The van der Waals surface area contributed by atoms with Crippen LogP contribution in [0.4, 0.5) is 0 Å². The van der Waals surface area contributed by atoms with Crippen molar-refractivity contribution in [1.29, 1.82) is 0 Å². The lowest BCUT2D eigenvalue weighted by Crippen LogP contribution is -2.45. The molecule has 1 aliphatic carbocycles. The summed E-state index contributed by atoms with van der Waals surface area (Å²) < 4.78 is 0. The zero-order valence-electron chi connectivity index (χ0n) is 14.4. The molecule has 0 aromatic carbocycles. The highest BCUT2D eigenvalue weighted by molar-refractivity contribution is 5.79. The van der Waals surface area contributed by atoms with E-state index in [1.807, 2.05) is 0 Å². The van der Waals surface area contributed by atoms with E-state index in [1.54, 1.807) is 0 Å². The van der Waals surface area contributed by atoms with E-state index in [1.165, 1.54) is 25.7 Å². The van der Waals surface area contributed by atoms with Gasteiger partial charge in [0.15, 0.2) is 0 Å². The van der Waals surface area contributed by atoms with Crippen LogP contribution in [0.1, 0.15) is 66.2 Å². The Morgan fingerprint density at radius 1 is 1.05 bits per heavy atom. The van der Waals surface area contributed by atoms with Gasteiger partial charge in [-0.05, 0) is 75.8 Å². The van der Waals surface area contributed by atoms with Gasteiger partial charge < -0.3 is 10.6 Å². The van der Waals surface area contributed by atoms with Crippen molar-refractivity contribution in [3.8, 4) is 0 Å². The summed E-state index contributed by atoms with van der Waals surface area (Å²) in [6, 6.07) is 0.333. The minimum atomic E-state index is 0.257. The Balaban J connectivity index is 1.76. The van der Waals surface area contributed by atoms with Crippen molar-refractivity contribution in [3.05, 3.63) is 0 Å². The quantitative estimate of drug-likeness (QED) is 0.838. The third-order valence-electron chi connectivity index (χ3n) is 5.78. The molecule has 1 atom stereocenters. The molecule has 122 valence electrons. The Morgan fingerprint density at radius 2 is 1.62 bits per heavy atom. The van der Waals surface area contributed by atoms with Crippen molar-refractivity contribution in [2.24, 2.45) is 23.2 Å². The zero-order chi connectivity index (χ0) is 15.5. The van der Waals surface area contributed by atoms with Gasteiger partial charge in [0.05, 0.1) is 0 Å². The SMILES string of the molecule is CC(NC(=O)C1CCC(C(C)(C)C)CC1)C1CCNCC1. The van der Waals surface area contributed by atoms with Crippen LogP contribution < -0.4 is 10.6 Å². The molecule has 0 aromatic rings. The molecule has 21 heavy (non-hydrogen) atoms. The van der Waals surface area contributed by atoms with E-state index >= 15 is 0 Å². The van der Waals surface area contributed by atoms with Crippen LogP contribution in [0.3, 0.4) is 0 Å². The summed E-state index contributed by atoms with van der Waals surface area (Å²) in [4.78, 5) is 12.5. The highest BCUT2D eigenvalue weighted by Crippen LogP contribution is 2.39. The van der Waals surface area contributed by atoms with Crippen LogP contribution in [0.25, 0.3) is 0 Å². The number of carbonyl (C=O) groups excluding carboxylic acids is 1. The highest BCUT2D eigenvalue weighted by atomic mass is 16.1. The molecule has 1 amide bonds. The lowest BCUT2D eigenvalue weighted by molar-refractivity contribution is -0.127. The molecule has 2 N–H and O–H groups in total. The monoisotopic (exact) mass is 294 g/mol. The lowest BCUT2D eigenvalue weighted by atomic mass is 9.69. The summed E-state index contributed by atoms with van der Waals surface area (Å²) in [6.07, 6.45) is 6.96. The number of rotatable bonds is 3. The lowest BCUT2D eigenvalue weighted by Gasteiger charge is -2.37. The van der Waals surface area contributed by atoms with Gasteiger partial charge in [0.1, 0.15) is 0 Å². The van der Waals surface area contributed by atoms with E-state index in [9.17, 15) is 4.79 Å². The first-order valence-electron chi connectivity index (χ1n) is 8.89. The van der Waals surface area contributed by atoms with E-state index in [0.717, 1.165) is 31.8 Å². The average Bonchev–Trinajstić information content (AvgIpc) is 2.47. The predicted octanol–water partition coefficient (Wildman–Crippen LogP) is 3.34. The van der Waals surface area contributed by atoms with Crippen LogP contribution in [0, 0.1) is 23.2 Å². The van der Waals surface area contributed by atoms with Gasteiger partial charge >= 0.3 is 0 Å². The van der Waals surface area contributed by atoms with Gasteiger partial charge in [0.25, 0.3) is 0 Å². The molecule has 1 heterocycles. The molecule has 0 bridgehead atoms. The maximum Gasteiger partial charge on any atom is 0.223 e. The van der Waals surface area contributed by atoms with Crippen LogP contribution in [-0.4, -0.2) is 25.0 Å². The second-order valence-electron chi connectivity index (χ2n) is 8.30. The van der Waals surface area contributed by atoms with Gasteiger partial charge in [-0.25, -0.2) is 0 Å². The van der Waals surface area contributed by atoms with Crippen molar-refractivity contribution >= 4 is 5.91 Å². The molecule has 2 rings (SSSR count). The molecule has 1 unspecified atom stereocenters. The maximum absolute atomic E-state index is 12.5. The fourth-order valence-corrected chi connectivity index (χ4v) is 4.03. The molecule has 2 aliphatic rings. The molecule has 0 aromatic heterocycles. The first kappa shape index (κ1) is 16.8. The van der Waals surface area contributed by atoms with Crippen molar-refractivity contribution in [2.75, 3.05) is 13.1 Å². The molecular weight excluding hydrogens is 260 g/mol. The summed E-state index contributed by atoms with van der Waals surface area (Å²) in [6.45, 7) is 11.4. The maximum atomic E-state index is 12.5. The largest absolute Gasteiger partial charge is 0.353 e. The molecular formula is C18H34N2O. The topological polar surface area (TPSA) is 41.1 Å². The normalized spacial score (nSPS) is 29.9. The van der Waals surface area contributed by atoms with Gasteiger partial charge in [-0.2, -0.15) is 0 Å². The third-order valence-corrected chi connectivity index (χ3v) is 5.78. The van der Waals surface area contributed by atoms with Gasteiger partial charge in [-0.1, -0.05) is 20.8 Å². The third kappa shape index (κ3) is 4.70. The Kier molecular flexibility index (Phi) is 5.70. The van der Waals surface area contributed by atoms with Crippen LogP contribution in [0.5, 0.6) is 0 Å². The highest BCUT2D eigenvalue weighted by Gasteiger charge is 2.33. The predicted molar refractivity (Wildman–Crippen MR) is 88.1 cm³/mol. The fourth-order valence-electron chi connectivity index (χ4n) is 4.03. The molecule has 3 nitrogen and oxygen atoms in total. The molecule has 1 saturated carbocycles. The fraction of sp³-hybridized carbons (Fsp3) is 0.944. The average molecular weight is 294 g/mol. The van der Waals surface area contributed by atoms with E-state index in [4.69, 9.17) is 0 Å². The Morgan fingerprint density at radius 3 is 2.14 bits per heavy atom. The minimum Gasteiger partial charge on any atom is -0.353 e. The summed E-state index contributed by atoms with van der Waals surface area (Å²) in [5, 5.41) is 6.70. The van der Waals surface area contributed by atoms with E-state index in [2.05, 4.69) is 38.3 Å². The summed E-state index contributed by atoms with van der Waals surface area (Å²) in [5.74, 6) is 2.01. The van der Waals surface area contributed by atoms with Crippen LogP contribution in [0.2, 0.25) is 0 Å². The molecule has 0 spiro atoms. The summed E-state index contributed by atoms with van der Waals surface area (Å²) in [7, 11) is 0. The van der Waals surface area contributed by atoms with Gasteiger partial charge in [0, 0.05) is 12.0 Å². The van der Waals surface area contributed by atoms with Gasteiger partial charge in [0.2, 0.25) is 5.91 Å². The van der Waals surface area contributed by atoms with Gasteiger partial charge in [-0.15, -0.1) is 0 Å². The Hall–Kier alpha value is -0.570. The van der Waals surface area contributed by atoms with Crippen molar-refractivity contribution < 1.29 is 4.79 Å². The zero-order valence-corrected chi connectivity index (χ0v) is 14.4. The second kappa shape index (κ2) is 7.13. The number of nitrogens with one attached hydrogen (secondary N) is 2. The van der Waals surface area contributed by atoms with E-state index in [-0.39, 0.29) is 5.92 Å². The van der Waals surface area contributed by atoms with Gasteiger partial charge in [-0.3, -0.25) is 4.79 Å². The molecule has 3 heteroatoms.